The van der Waals surface area contributed by atoms with Gasteiger partial charge in [-0.15, -0.1) is 0 Å². The second-order valence-corrected chi connectivity index (χ2v) is 6.86. The summed E-state index contributed by atoms with van der Waals surface area (Å²) < 4.78 is 26.3. The van der Waals surface area contributed by atoms with Crippen LogP contribution in [-0.2, 0) is 10.0 Å². The summed E-state index contributed by atoms with van der Waals surface area (Å²) in [7, 11) is -3.53. The van der Waals surface area contributed by atoms with Gasteiger partial charge in [-0.3, -0.25) is 0 Å². The molecule has 7 heteroatoms. The number of nitrogens with zero attached hydrogens (tertiary/aromatic N) is 1. The van der Waals surface area contributed by atoms with Crippen LogP contribution in [0.1, 0.15) is 13.8 Å². The maximum Gasteiger partial charge on any atom is 0.244 e. The molecule has 96 valence electrons. The molecular weight excluding hydrogens is 349 g/mol. The normalized spacial score (nSPS) is 12.1. The summed E-state index contributed by atoms with van der Waals surface area (Å²) in [5, 5.41) is 0.539. The molecule has 0 fully saturated rings. The molecular formula is C10H12BrCl2NO2S. The van der Waals surface area contributed by atoms with Gasteiger partial charge >= 0.3 is 0 Å². The van der Waals surface area contributed by atoms with Crippen LogP contribution in [0.25, 0.3) is 0 Å². The van der Waals surface area contributed by atoms with Crippen LogP contribution in [-0.4, -0.2) is 25.8 Å². The van der Waals surface area contributed by atoms with Crippen molar-refractivity contribution in [3.8, 4) is 0 Å². The minimum atomic E-state index is -3.53. The molecule has 0 unspecified atom stereocenters. The van der Waals surface area contributed by atoms with Gasteiger partial charge in [-0.05, 0) is 28.1 Å². The smallest absolute Gasteiger partial charge is 0.207 e. The van der Waals surface area contributed by atoms with Crippen molar-refractivity contribution in [3.05, 3.63) is 26.7 Å². The second kappa shape index (κ2) is 5.89. The largest absolute Gasteiger partial charge is 0.244 e. The van der Waals surface area contributed by atoms with E-state index in [-0.39, 0.29) is 9.92 Å². The van der Waals surface area contributed by atoms with Gasteiger partial charge in [-0.2, -0.15) is 4.31 Å². The molecule has 0 aliphatic heterocycles. The van der Waals surface area contributed by atoms with Gasteiger partial charge in [0.2, 0.25) is 10.0 Å². The summed E-state index contributed by atoms with van der Waals surface area (Å²) in [5.74, 6) is 0. The second-order valence-electron chi connectivity index (χ2n) is 3.29. The maximum absolute atomic E-state index is 12.3. The Kier molecular flexibility index (Phi) is 5.28. The van der Waals surface area contributed by atoms with Crippen LogP contribution >= 0.6 is 39.1 Å². The average molecular weight is 361 g/mol. The Balaban J connectivity index is 3.38. The zero-order chi connectivity index (χ0) is 13.2. The summed E-state index contributed by atoms with van der Waals surface area (Å²) in [6, 6.07) is 2.85. The quantitative estimate of drug-likeness (QED) is 0.766. The van der Waals surface area contributed by atoms with Crippen LogP contribution in [0.3, 0.4) is 0 Å². The summed E-state index contributed by atoms with van der Waals surface area (Å²) in [4.78, 5) is 0.135. The van der Waals surface area contributed by atoms with Crippen molar-refractivity contribution in [1.82, 2.24) is 4.31 Å². The Bertz CT molecular complexity index is 515. The molecule has 0 aliphatic carbocycles. The van der Waals surface area contributed by atoms with Crippen LogP contribution in [0.5, 0.6) is 0 Å². The number of hydrogen-bond acceptors (Lipinski definition) is 2. The first-order valence-corrected chi connectivity index (χ1v) is 7.98. The average Bonchev–Trinajstić information content (AvgIpc) is 2.24. The maximum atomic E-state index is 12.3. The van der Waals surface area contributed by atoms with Gasteiger partial charge < -0.3 is 0 Å². The van der Waals surface area contributed by atoms with Gasteiger partial charge in [0.1, 0.15) is 0 Å². The van der Waals surface area contributed by atoms with Crippen molar-refractivity contribution < 1.29 is 8.42 Å². The molecule has 0 aliphatic rings. The molecule has 0 saturated heterocycles. The molecule has 0 spiro atoms. The van der Waals surface area contributed by atoms with Crippen molar-refractivity contribution in [3.63, 3.8) is 0 Å². The third-order valence-electron chi connectivity index (χ3n) is 2.30. The SMILES string of the molecule is CCN(CC)S(=O)(=O)c1cc(Cl)c(Cl)cc1Br. The summed E-state index contributed by atoms with van der Waals surface area (Å²) >= 11 is 14.9. The van der Waals surface area contributed by atoms with E-state index >= 15 is 0 Å². The van der Waals surface area contributed by atoms with Gasteiger partial charge in [-0.1, -0.05) is 37.0 Å². The number of benzene rings is 1. The number of sulfonamides is 1. The molecule has 17 heavy (non-hydrogen) atoms. The summed E-state index contributed by atoms with van der Waals surface area (Å²) in [6.07, 6.45) is 0. The summed E-state index contributed by atoms with van der Waals surface area (Å²) in [6.45, 7) is 4.38. The van der Waals surface area contributed by atoms with Crippen molar-refractivity contribution in [2.75, 3.05) is 13.1 Å². The van der Waals surface area contributed by atoms with E-state index in [1.54, 1.807) is 13.8 Å². The Morgan fingerprint density at radius 3 is 2.12 bits per heavy atom. The van der Waals surface area contributed by atoms with E-state index in [4.69, 9.17) is 23.2 Å². The molecule has 0 N–H and O–H groups in total. The molecule has 0 bridgehead atoms. The zero-order valence-electron chi connectivity index (χ0n) is 9.37. The van der Waals surface area contributed by atoms with Crippen LogP contribution in [0.15, 0.2) is 21.5 Å². The van der Waals surface area contributed by atoms with E-state index in [2.05, 4.69) is 15.9 Å². The fourth-order valence-corrected chi connectivity index (χ4v) is 4.42. The highest BCUT2D eigenvalue weighted by Gasteiger charge is 2.25. The third kappa shape index (κ3) is 3.15. The lowest BCUT2D eigenvalue weighted by atomic mass is 10.4. The topological polar surface area (TPSA) is 37.4 Å². The fraction of sp³-hybridized carbons (Fsp3) is 0.400. The highest BCUT2D eigenvalue weighted by molar-refractivity contribution is 9.10. The molecule has 0 heterocycles. The van der Waals surface area contributed by atoms with E-state index in [1.807, 2.05) is 0 Å². The minimum absolute atomic E-state index is 0.135. The zero-order valence-corrected chi connectivity index (χ0v) is 13.3. The van der Waals surface area contributed by atoms with Crippen LogP contribution in [0.4, 0.5) is 0 Å². The van der Waals surface area contributed by atoms with Crippen LogP contribution < -0.4 is 0 Å². The van der Waals surface area contributed by atoms with Gasteiger partial charge in [-0.25, -0.2) is 8.42 Å². The molecule has 1 aromatic rings. The Hall–Kier alpha value is 0.190. The number of rotatable bonds is 4. The van der Waals surface area contributed by atoms with Crippen LogP contribution in [0.2, 0.25) is 10.0 Å². The molecule has 0 amide bonds. The minimum Gasteiger partial charge on any atom is -0.207 e. The first kappa shape index (κ1) is 15.2. The van der Waals surface area contributed by atoms with Gasteiger partial charge in [0.05, 0.1) is 14.9 Å². The van der Waals surface area contributed by atoms with Crippen molar-refractivity contribution >= 4 is 49.2 Å². The predicted molar refractivity (Wildman–Crippen MR) is 74.3 cm³/mol. The van der Waals surface area contributed by atoms with Gasteiger partial charge in [0.15, 0.2) is 0 Å². The molecule has 0 aromatic heterocycles. The number of halogens is 3. The molecule has 1 aromatic carbocycles. The molecule has 1 rings (SSSR count). The van der Waals surface area contributed by atoms with Crippen molar-refractivity contribution in [2.45, 2.75) is 18.7 Å². The first-order chi connectivity index (χ1) is 7.84. The molecule has 0 atom stereocenters. The molecule has 3 nitrogen and oxygen atoms in total. The fourth-order valence-electron chi connectivity index (χ4n) is 1.40. The lowest BCUT2D eigenvalue weighted by molar-refractivity contribution is 0.445. The van der Waals surface area contributed by atoms with Crippen molar-refractivity contribution in [1.29, 1.82) is 0 Å². The standard InChI is InChI=1S/C10H12BrCl2NO2S/c1-3-14(4-2)17(15,16)10-6-9(13)8(12)5-7(10)11/h5-6H,3-4H2,1-2H3. The van der Waals surface area contributed by atoms with E-state index in [0.717, 1.165) is 0 Å². The predicted octanol–water partition coefficient (Wildman–Crippen LogP) is 3.79. The van der Waals surface area contributed by atoms with Gasteiger partial charge in [0.25, 0.3) is 0 Å². The van der Waals surface area contributed by atoms with Crippen LogP contribution in [0, 0.1) is 0 Å². The third-order valence-corrected chi connectivity index (χ3v) is 6.03. The van der Waals surface area contributed by atoms with E-state index in [0.29, 0.717) is 22.6 Å². The Morgan fingerprint density at radius 2 is 1.65 bits per heavy atom. The van der Waals surface area contributed by atoms with E-state index in [9.17, 15) is 8.42 Å². The lowest BCUT2D eigenvalue weighted by Crippen LogP contribution is -2.30. The monoisotopic (exact) mass is 359 g/mol. The van der Waals surface area contributed by atoms with Crippen molar-refractivity contribution in [2.24, 2.45) is 0 Å². The van der Waals surface area contributed by atoms with Gasteiger partial charge in [0, 0.05) is 17.6 Å². The summed E-state index contributed by atoms with van der Waals surface area (Å²) in [5.41, 5.74) is 0. The first-order valence-electron chi connectivity index (χ1n) is 4.99. The highest BCUT2D eigenvalue weighted by Crippen LogP contribution is 2.33. The number of hydrogen-bond donors (Lipinski definition) is 0. The Labute approximate surface area is 120 Å². The van der Waals surface area contributed by atoms with E-state index in [1.165, 1.54) is 16.4 Å². The lowest BCUT2D eigenvalue weighted by Gasteiger charge is -2.19. The highest BCUT2D eigenvalue weighted by atomic mass is 79.9. The van der Waals surface area contributed by atoms with E-state index < -0.39 is 10.0 Å². The molecule has 0 radical (unpaired) electrons. The Morgan fingerprint density at radius 1 is 1.18 bits per heavy atom. The molecule has 0 saturated carbocycles.